The molecule has 0 spiro atoms. The summed E-state index contributed by atoms with van der Waals surface area (Å²) in [5, 5.41) is 8.45. The predicted molar refractivity (Wildman–Crippen MR) is 133 cm³/mol. The van der Waals surface area contributed by atoms with Gasteiger partial charge in [0.05, 0.1) is 16.9 Å². The van der Waals surface area contributed by atoms with Crippen molar-refractivity contribution in [3.8, 4) is 17.3 Å². The number of aromatic amines is 2. The number of hydrogen-bond acceptors (Lipinski definition) is 5. The maximum Gasteiger partial charge on any atom is 0.159 e. The Hall–Kier alpha value is -3.30. The Morgan fingerprint density at radius 2 is 1.86 bits per heavy atom. The highest BCUT2D eigenvalue weighted by atomic mass is 19.1. The number of H-pyrrole nitrogens is 2. The number of hydrogen-bond donors (Lipinski definition) is 2. The van der Waals surface area contributed by atoms with Crippen LogP contribution in [0, 0.1) is 17.6 Å². The van der Waals surface area contributed by atoms with Crippen molar-refractivity contribution in [3.05, 3.63) is 65.0 Å². The average Bonchev–Trinajstić information content (AvgIpc) is 3.52. The Kier molecular flexibility index (Phi) is 5.97. The van der Waals surface area contributed by atoms with Crippen molar-refractivity contribution in [3.63, 3.8) is 0 Å². The lowest BCUT2D eigenvalue weighted by Crippen LogP contribution is -2.35. The maximum atomic E-state index is 13.6. The largest absolute Gasteiger partial charge is 0.486 e. The molecule has 2 aromatic carbocycles. The number of ether oxygens (including phenoxy) is 1. The first-order chi connectivity index (χ1) is 17.4. The normalized spacial score (nSPS) is 18.1. The minimum absolute atomic E-state index is 0.437. The predicted octanol–water partition coefficient (Wildman–Crippen LogP) is 5.03. The molecule has 1 saturated heterocycles. The van der Waals surface area contributed by atoms with Crippen LogP contribution >= 0.6 is 0 Å². The summed E-state index contributed by atoms with van der Waals surface area (Å²) in [5.41, 5.74) is 4.28. The second-order valence-corrected chi connectivity index (χ2v) is 10.2. The third kappa shape index (κ3) is 4.60. The van der Waals surface area contributed by atoms with Gasteiger partial charge in [-0.15, -0.1) is 0 Å². The molecule has 2 aliphatic heterocycles. The van der Waals surface area contributed by atoms with E-state index in [1.807, 2.05) is 18.2 Å². The lowest BCUT2D eigenvalue weighted by Gasteiger charge is -2.31. The van der Waals surface area contributed by atoms with E-state index in [1.54, 1.807) is 6.92 Å². The van der Waals surface area contributed by atoms with Gasteiger partial charge in [0.1, 0.15) is 29.2 Å². The average molecular weight is 493 g/mol. The summed E-state index contributed by atoms with van der Waals surface area (Å²) in [6.45, 7) is 6.99. The second kappa shape index (κ2) is 9.29. The summed E-state index contributed by atoms with van der Waals surface area (Å²) < 4.78 is 33.3. The van der Waals surface area contributed by atoms with E-state index in [0.717, 1.165) is 65.4 Å². The number of imidazole rings is 1. The summed E-state index contributed by atoms with van der Waals surface area (Å²) in [6, 6.07) is 9.03. The molecule has 2 aromatic heterocycles. The van der Waals surface area contributed by atoms with Gasteiger partial charge in [-0.2, -0.15) is 5.10 Å². The molecule has 1 atom stereocenters. The van der Waals surface area contributed by atoms with E-state index in [4.69, 9.17) is 9.72 Å². The quantitative estimate of drug-likeness (QED) is 0.395. The van der Waals surface area contributed by atoms with Crippen molar-refractivity contribution >= 4 is 10.9 Å². The van der Waals surface area contributed by atoms with Crippen molar-refractivity contribution in [2.45, 2.75) is 39.0 Å². The van der Waals surface area contributed by atoms with Crippen LogP contribution in [0.15, 0.2) is 36.4 Å². The Morgan fingerprint density at radius 1 is 1.08 bits per heavy atom. The monoisotopic (exact) mass is 492 g/mol. The Labute approximate surface area is 208 Å². The minimum atomic E-state index is -0.621. The third-order valence-electron chi connectivity index (χ3n) is 7.40. The number of likely N-dealkylation sites (tertiary alicyclic amines) is 1. The fraction of sp³-hybridized carbons (Fsp3) is 0.407. The Balaban J connectivity index is 1.17. The molecule has 4 aromatic rings. The molecule has 0 aliphatic carbocycles. The van der Waals surface area contributed by atoms with Gasteiger partial charge in [0.15, 0.2) is 5.82 Å². The number of nitrogens with one attached hydrogen (secondary N) is 2. The van der Waals surface area contributed by atoms with Gasteiger partial charge in [-0.05, 0) is 81.7 Å². The van der Waals surface area contributed by atoms with Gasteiger partial charge in [0.25, 0.3) is 0 Å². The molecule has 0 radical (unpaired) electrons. The van der Waals surface area contributed by atoms with Crippen molar-refractivity contribution in [1.29, 1.82) is 0 Å². The summed E-state index contributed by atoms with van der Waals surface area (Å²) >= 11 is 0. The highest BCUT2D eigenvalue weighted by Crippen LogP contribution is 2.33. The SMILES string of the molecule is C[C@@H](Oc1ccc2[nH]nc(-c3nc4c([nH]3)CN(CC3CCN(C)CC3)C4)c2c1)c1cc(F)cc(F)c1. The third-order valence-corrected chi connectivity index (χ3v) is 7.40. The van der Waals surface area contributed by atoms with Crippen LogP contribution in [-0.2, 0) is 13.1 Å². The zero-order chi connectivity index (χ0) is 24.8. The number of halogens is 2. The van der Waals surface area contributed by atoms with E-state index >= 15 is 0 Å². The zero-order valence-corrected chi connectivity index (χ0v) is 20.5. The molecule has 2 aliphatic rings. The molecule has 36 heavy (non-hydrogen) atoms. The van der Waals surface area contributed by atoms with Gasteiger partial charge in [-0.25, -0.2) is 13.8 Å². The summed E-state index contributed by atoms with van der Waals surface area (Å²) in [4.78, 5) is 13.3. The van der Waals surface area contributed by atoms with Crippen molar-refractivity contribution in [2.75, 3.05) is 26.7 Å². The first kappa shape index (κ1) is 23.1. The van der Waals surface area contributed by atoms with Gasteiger partial charge in [0.2, 0.25) is 0 Å². The highest BCUT2D eigenvalue weighted by molar-refractivity contribution is 5.92. The molecule has 0 unspecified atom stereocenters. The van der Waals surface area contributed by atoms with Crippen LogP contribution in [0.2, 0.25) is 0 Å². The van der Waals surface area contributed by atoms with Crippen LogP contribution in [0.25, 0.3) is 22.4 Å². The highest BCUT2D eigenvalue weighted by Gasteiger charge is 2.28. The molecule has 0 amide bonds. The van der Waals surface area contributed by atoms with E-state index < -0.39 is 17.7 Å². The smallest absolute Gasteiger partial charge is 0.159 e. The number of nitrogens with zero attached hydrogens (tertiary/aromatic N) is 4. The maximum absolute atomic E-state index is 13.6. The first-order valence-electron chi connectivity index (χ1n) is 12.5. The number of fused-ring (bicyclic) bond motifs is 2. The summed E-state index contributed by atoms with van der Waals surface area (Å²) in [5.74, 6) is 0.838. The van der Waals surface area contributed by atoms with E-state index in [0.29, 0.717) is 11.3 Å². The van der Waals surface area contributed by atoms with Gasteiger partial charge >= 0.3 is 0 Å². The molecule has 6 rings (SSSR count). The molecule has 2 N–H and O–H groups in total. The lowest BCUT2D eigenvalue weighted by atomic mass is 9.97. The second-order valence-electron chi connectivity index (χ2n) is 10.2. The van der Waals surface area contributed by atoms with Gasteiger partial charge in [0, 0.05) is 31.1 Å². The van der Waals surface area contributed by atoms with Gasteiger partial charge < -0.3 is 14.6 Å². The lowest BCUT2D eigenvalue weighted by molar-refractivity contribution is 0.159. The zero-order valence-electron chi connectivity index (χ0n) is 20.5. The number of aromatic nitrogens is 4. The number of piperidine rings is 1. The topological polar surface area (TPSA) is 73.1 Å². The van der Waals surface area contributed by atoms with E-state index in [1.165, 1.54) is 38.1 Å². The number of rotatable bonds is 6. The summed E-state index contributed by atoms with van der Waals surface area (Å²) in [7, 11) is 2.20. The minimum Gasteiger partial charge on any atom is -0.486 e. The Morgan fingerprint density at radius 3 is 2.61 bits per heavy atom. The Bertz CT molecular complexity index is 1350. The van der Waals surface area contributed by atoms with E-state index in [-0.39, 0.29) is 0 Å². The molecule has 0 saturated carbocycles. The molecular weight excluding hydrogens is 462 g/mol. The van der Waals surface area contributed by atoms with E-state index in [2.05, 4.69) is 32.0 Å². The first-order valence-corrected chi connectivity index (χ1v) is 12.5. The van der Waals surface area contributed by atoms with Crippen LogP contribution in [0.5, 0.6) is 5.75 Å². The molecular formula is C27H30F2N6O. The van der Waals surface area contributed by atoms with Crippen LogP contribution in [0.3, 0.4) is 0 Å². The van der Waals surface area contributed by atoms with Crippen molar-refractivity contribution < 1.29 is 13.5 Å². The van der Waals surface area contributed by atoms with Crippen LogP contribution in [0.4, 0.5) is 8.78 Å². The fourth-order valence-corrected chi connectivity index (χ4v) is 5.38. The summed E-state index contributed by atoms with van der Waals surface area (Å²) in [6.07, 6.45) is 2.00. The number of benzene rings is 2. The van der Waals surface area contributed by atoms with Gasteiger partial charge in [-0.1, -0.05) is 0 Å². The van der Waals surface area contributed by atoms with Crippen molar-refractivity contribution in [1.82, 2.24) is 30.0 Å². The van der Waals surface area contributed by atoms with Gasteiger partial charge in [-0.3, -0.25) is 10.00 Å². The molecule has 188 valence electrons. The van der Waals surface area contributed by atoms with Crippen molar-refractivity contribution in [2.24, 2.45) is 5.92 Å². The standard InChI is InChI=1S/C27H30F2N6O/c1-16(18-9-19(28)11-20(29)10-18)36-21-3-4-23-22(12-21)26(33-32-23)27-30-24-14-35(15-25(24)31-27)13-17-5-7-34(2)8-6-17/h3-4,9-12,16-17H,5-8,13-15H2,1-2H3,(H,30,31)(H,32,33)/t16-/m1/s1. The molecule has 4 heterocycles. The van der Waals surface area contributed by atoms with Crippen LogP contribution in [0.1, 0.15) is 42.8 Å². The van der Waals surface area contributed by atoms with Crippen LogP contribution in [-0.4, -0.2) is 56.6 Å². The molecule has 0 bridgehead atoms. The molecule has 9 heteroatoms. The van der Waals surface area contributed by atoms with Crippen LogP contribution < -0.4 is 4.74 Å². The fourth-order valence-electron chi connectivity index (χ4n) is 5.38. The van der Waals surface area contributed by atoms with E-state index in [9.17, 15) is 8.78 Å². The molecule has 7 nitrogen and oxygen atoms in total. The molecule has 1 fully saturated rings.